The lowest BCUT2D eigenvalue weighted by Crippen LogP contribution is -2.48. The molecule has 3 atom stereocenters. The second-order valence-electron chi connectivity index (χ2n) is 10.1. The highest BCUT2D eigenvalue weighted by Gasteiger charge is 2.43. The van der Waals surface area contributed by atoms with Gasteiger partial charge in [-0.3, -0.25) is 9.59 Å². The second kappa shape index (κ2) is 12.7. The number of aryl methyl sites for hydroxylation is 2. The van der Waals surface area contributed by atoms with Crippen LogP contribution in [0.1, 0.15) is 48.9 Å². The zero-order valence-electron chi connectivity index (χ0n) is 23.0. The van der Waals surface area contributed by atoms with Crippen molar-refractivity contribution in [3.05, 3.63) is 52.5 Å². The van der Waals surface area contributed by atoms with E-state index in [1.807, 2.05) is 39.0 Å². The van der Waals surface area contributed by atoms with Crippen LogP contribution < -0.4 is 10.1 Å². The van der Waals surface area contributed by atoms with E-state index < -0.39 is 18.1 Å². The summed E-state index contributed by atoms with van der Waals surface area (Å²) in [6, 6.07) is 6.79. The molecule has 1 saturated heterocycles. The Labute approximate surface area is 232 Å². The molecule has 1 fully saturated rings. The maximum absolute atomic E-state index is 13.6. The van der Waals surface area contributed by atoms with E-state index in [-0.39, 0.29) is 37.2 Å². The largest absolute Gasteiger partial charge is 0.491 e. The molecule has 3 heterocycles. The van der Waals surface area contributed by atoms with Gasteiger partial charge in [-0.25, -0.2) is 4.98 Å². The van der Waals surface area contributed by atoms with Gasteiger partial charge < -0.3 is 29.3 Å². The van der Waals surface area contributed by atoms with Crippen LogP contribution in [0.5, 0.6) is 5.75 Å². The van der Waals surface area contributed by atoms with E-state index in [4.69, 9.17) is 14.0 Å². The molecule has 0 radical (unpaired) electrons. The molecule has 1 aliphatic rings. The number of amides is 2. The van der Waals surface area contributed by atoms with Crippen LogP contribution in [0.3, 0.4) is 0 Å². The number of hydrogen-bond donors (Lipinski definition) is 2. The van der Waals surface area contributed by atoms with Gasteiger partial charge in [0.2, 0.25) is 11.8 Å². The molecule has 2 N–H and O–H groups in total. The summed E-state index contributed by atoms with van der Waals surface area (Å²) in [6.45, 7) is 8.67. The molecule has 0 aliphatic carbocycles. The SMILES string of the molecule is COCCOc1cc(-c2scnc2C)ccc1CNC(=O)[C@@H]1C[C@@H](O)CN1C(=O)[C@@H](c1cc(C)no1)C(C)C. The number of nitrogens with zero attached hydrogens (tertiary/aromatic N) is 3. The first-order valence-corrected chi connectivity index (χ1v) is 13.9. The number of likely N-dealkylation sites (tertiary alicyclic amines) is 1. The number of thiazole rings is 1. The van der Waals surface area contributed by atoms with E-state index >= 15 is 0 Å². The van der Waals surface area contributed by atoms with Crippen molar-refractivity contribution in [1.82, 2.24) is 20.4 Å². The third-order valence-corrected chi connectivity index (χ3v) is 7.80. The fourth-order valence-electron chi connectivity index (χ4n) is 4.84. The maximum Gasteiger partial charge on any atom is 0.243 e. The molecule has 10 nitrogen and oxygen atoms in total. The van der Waals surface area contributed by atoms with E-state index in [1.54, 1.807) is 36.9 Å². The van der Waals surface area contributed by atoms with Crippen LogP contribution in [0.2, 0.25) is 0 Å². The lowest BCUT2D eigenvalue weighted by Gasteiger charge is -2.28. The van der Waals surface area contributed by atoms with Crippen LogP contribution in [0.25, 0.3) is 10.4 Å². The van der Waals surface area contributed by atoms with Gasteiger partial charge in [-0.05, 0) is 31.4 Å². The Morgan fingerprint density at radius 1 is 1.26 bits per heavy atom. The number of hydrogen-bond acceptors (Lipinski definition) is 9. The highest BCUT2D eigenvalue weighted by Crippen LogP contribution is 2.33. The number of β-amino-alcohol motifs (C(OH)–C–C–N with tert-alkyl or cyclic N) is 1. The van der Waals surface area contributed by atoms with Crippen LogP contribution in [0.15, 0.2) is 34.3 Å². The molecule has 210 valence electrons. The second-order valence-corrected chi connectivity index (χ2v) is 11.0. The van der Waals surface area contributed by atoms with Gasteiger partial charge in [0.1, 0.15) is 30.1 Å². The molecule has 2 aromatic heterocycles. The van der Waals surface area contributed by atoms with Crippen LogP contribution >= 0.6 is 11.3 Å². The highest BCUT2D eigenvalue weighted by molar-refractivity contribution is 7.13. The van der Waals surface area contributed by atoms with E-state index in [9.17, 15) is 14.7 Å². The fourth-order valence-corrected chi connectivity index (χ4v) is 5.64. The van der Waals surface area contributed by atoms with E-state index in [1.165, 1.54) is 4.90 Å². The fraction of sp³-hybridized carbons (Fsp3) is 0.500. The Hall–Kier alpha value is -3.28. The summed E-state index contributed by atoms with van der Waals surface area (Å²) in [5.41, 5.74) is 5.20. The van der Waals surface area contributed by atoms with Gasteiger partial charge in [-0.15, -0.1) is 11.3 Å². The Balaban J connectivity index is 1.50. The smallest absolute Gasteiger partial charge is 0.243 e. The minimum atomic E-state index is -0.797. The predicted octanol–water partition coefficient (Wildman–Crippen LogP) is 3.46. The van der Waals surface area contributed by atoms with E-state index in [0.29, 0.717) is 30.4 Å². The first-order chi connectivity index (χ1) is 18.7. The van der Waals surface area contributed by atoms with Crippen LogP contribution in [-0.4, -0.2) is 71.0 Å². The number of methoxy groups -OCH3 is 1. The number of aliphatic hydroxyl groups excluding tert-OH is 1. The lowest BCUT2D eigenvalue weighted by molar-refractivity contribution is -0.141. The van der Waals surface area contributed by atoms with Gasteiger partial charge >= 0.3 is 0 Å². The summed E-state index contributed by atoms with van der Waals surface area (Å²) in [5, 5.41) is 17.3. The van der Waals surface area contributed by atoms with Crippen molar-refractivity contribution in [2.24, 2.45) is 5.92 Å². The molecule has 11 heteroatoms. The molecular weight excluding hydrogens is 520 g/mol. The summed E-state index contributed by atoms with van der Waals surface area (Å²) < 4.78 is 16.5. The standard InChI is InChI=1S/C28H36N4O6S/c1-16(2)25(24-10-17(3)31-38-24)28(35)32-14-21(33)12-22(32)27(34)29-13-20-7-6-19(26-18(4)30-15-39-26)11-23(20)37-9-8-36-5/h6-7,10-11,15-16,21-22,25,33H,8-9,12-14H2,1-5H3,(H,29,34)/t21-,22+,25-/m1/s1. The number of ether oxygens (including phenoxy) is 2. The summed E-state index contributed by atoms with van der Waals surface area (Å²) in [4.78, 5) is 33.8. The molecule has 0 unspecified atom stereocenters. The quantitative estimate of drug-likeness (QED) is 0.344. The van der Waals surface area contributed by atoms with Crippen molar-refractivity contribution in [3.8, 4) is 16.2 Å². The molecule has 1 aliphatic heterocycles. The third-order valence-electron chi connectivity index (χ3n) is 6.82. The Bertz CT molecular complexity index is 1290. The topological polar surface area (TPSA) is 127 Å². The van der Waals surface area contributed by atoms with Gasteiger partial charge in [-0.1, -0.05) is 31.1 Å². The van der Waals surface area contributed by atoms with Crippen molar-refractivity contribution < 1.29 is 28.7 Å². The van der Waals surface area contributed by atoms with E-state index in [2.05, 4.69) is 15.5 Å². The molecule has 39 heavy (non-hydrogen) atoms. The first-order valence-electron chi connectivity index (χ1n) is 13.0. The maximum atomic E-state index is 13.6. The van der Waals surface area contributed by atoms with Crippen molar-refractivity contribution >= 4 is 23.2 Å². The van der Waals surface area contributed by atoms with Gasteiger partial charge in [-0.2, -0.15) is 0 Å². The number of nitrogens with one attached hydrogen (secondary N) is 1. The average Bonchev–Trinajstić information content (AvgIpc) is 3.63. The Morgan fingerprint density at radius 2 is 2.05 bits per heavy atom. The Morgan fingerprint density at radius 3 is 2.69 bits per heavy atom. The molecular formula is C28H36N4O6S. The third kappa shape index (κ3) is 6.66. The van der Waals surface area contributed by atoms with Crippen molar-refractivity contribution in [1.29, 1.82) is 0 Å². The number of aromatic nitrogens is 2. The minimum absolute atomic E-state index is 0.0844. The normalized spacial score (nSPS) is 18.0. The molecule has 0 bridgehead atoms. The molecule has 3 aromatic rings. The molecule has 0 saturated carbocycles. The Kier molecular flexibility index (Phi) is 9.36. The van der Waals surface area contributed by atoms with Gasteiger partial charge in [0, 0.05) is 38.2 Å². The number of aliphatic hydroxyl groups is 1. The number of benzene rings is 1. The van der Waals surface area contributed by atoms with E-state index in [0.717, 1.165) is 21.7 Å². The monoisotopic (exact) mass is 556 g/mol. The molecule has 1 aromatic carbocycles. The zero-order valence-corrected chi connectivity index (χ0v) is 23.8. The zero-order chi connectivity index (χ0) is 28.1. The number of carbonyl (C=O) groups is 2. The highest BCUT2D eigenvalue weighted by atomic mass is 32.1. The van der Waals surface area contributed by atoms with Crippen LogP contribution in [0, 0.1) is 19.8 Å². The first kappa shape index (κ1) is 28.7. The van der Waals surface area contributed by atoms with Gasteiger partial charge in [0.05, 0.1) is 34.5 Å². The average molecular weight is 557 g/mol. The molecule has 2 amide bonds. The molecule has 4 rings (SSSR count). The minimum Gasteiger partial charge on any atom is -0.491 e. The summed E-state index contributed by atoms with van der Waals surface area (Å²) >= 11 is 1.55. The van der Waals surface area contributed by atoms with Crippen LogP contribution in [-0.2, 0) is 20.9 Å². The van der Waals surface area contributed by atoms with Crippen molar-refractivity contribution in [2.75, 3.05) is 26.9 Å². The van der Waals surface area contributed by atoms with Crippen LogP contribution in [0.4, 0.5) is 0 Å². The summed E-state index contributed by atoms with van der Waals surface area (Å²) in [7, 11) is 1.61. The van der Waals surface area contributed by atoms with Gasteiger partial charge in [0.15, 0.2) is 0 Å². The molecule has 0 spiro atoms. The number of carbonyl (C=O) groups excluding carboxylic acids is 2. The van der Waals surface area contributed by atoms with Gasteiger partial charge in [0.25, 0.3) is 0 Å². The lowest BCUT2D eigenvalue weighted by atomic mass is 9.91. The van der Waals surface area contributed by atoms with Crippen molar-refractivity contribution in [2.45, 2.75) is 58.7 Å². The summed E-state index contributed by atoms with van der Waals surface area (Å²) in [5.74, 6) is -0.180. The van der Waals surface area contributed by atoms with Crippen molar-refractivity contribution in [3.63, 3.8) is 0 Å². The predicted molar refractivity (Wildman–Crippen MR) is 146 cm³/mol. The summed E-state index contributed by atoms with van der Waals surface area (Å²) in [6.07, 6.45) is -0.623. The number of rotatable bonds is 11.